The van der Waals surface area contributed by atoms with Crippen LogP contribution in [0.5, 0.6) is 5.75 Å². The normalized spacial score (nSPS) is 23.6. The van der Waals surface area contributed by atoms with Crippen LogP contribution in [-0.4, -0.2) is 60.6 Å². The zero-order valence-corrected chi connectivity index (χ0v) is 14.4. The maximum absolute atomic E-state index is 12.1. The molecule has 2 heterocycles. The van der Waals surface area contributed by atoms with E-state index in [1.165, 1.54) is 0 Å². The smallest absolute Gasteiger partial charge is 0.257 e. The number of hydrogen-bond acceptors (Lipinski definition) is 4. The third kappa shape index (κ3) is 3.79. The Balaban J connectivity index is 1.19. The molecule has 1 N–H and O–H groups in total. The van der Waals surface area contributed by atoms with Gasteiger partial charge in [-0.05, 0) is 37.9 Å². The van der Waals surface area contributed by atoms with Crippen molar-refractivity contribution in [3.8, 4) is 5.75 Å². The number of hydrogen-bond donors (Lipinski definition) is 1. The molecular weight excluding hydrogens is 318 g/mol. The first-order valence-corrected chi connectivity index (χ1v) is 9.28. The fourth-order valence-corrected chi connectivity index (χ4v) is 3.58. The largest absolute Gasteiger partial charge is 0.470 e. The molecule has 1 saturated carbocycles. The number of benzene rings is 1. The van der Waals surface area contributed by atoms with Crippen molar-refractivity contribution in [1.29, 1.82) is 0 Å². The first-order chi connectivity index (χ1) is 12.2. The SMILES string of the molecule is O=C1NC(CCCN2CCN(C(=O)C3CC3)CC2)Oc2ccccc21. The molecule has 2 amide bonds. The number of ether oxygens (including phenoxy) is 1. The highest BCUT2D eigenvalue weighted by Gasteiger charge is 2.34. The van der Waals surface area contributed by atoms with Crippen molar-refractivity contribution in [1.82, 2.24) is 15.1 Å². The van der Waals surface area contributed by atoms with Gasteiger partial charge >= 0.3 is 0 Å². The number of piperazine rings is 1. The minimum absolute atomic E-state index is 0.0564. The standard InChI is InChI=1S/C19H25N3O3/c23-18-15-4-1-2-5-16(15)25-17(20-18)6-3-9-21-10-12-22(13-11-21)19(24)14-7-8-14/h1-2,4-5,14,17H,3,6-13H2,(H,20,23). The highest BCUT2D eigenvalue weighted by atomic mass is 16.5. The minimum Gasteiger partial charge on any atom is -0.470 e. The van der Waals surface area contributed by atoms with Crippen molar-refractivity contribution in [2.75, 3.05) is 32.7 Å². The fourth-order valence-electron chi connectivity index (χ4n) is 3.58. The first-order valence-electron chi connectivity index (χ1n) is 9.28. The lowest BCUT2D eigenvalue weighted by Gasteiger charge is -2.35. The molecule has 1 unspecified atom stereocenters. The van der Waals surface area contributed by atoms with Gasteiger partial charge in [-0.3, -0.25) is 14.5 Å². The van der Waals surface area contributed by atoms with Gasteiger partial charge in [0.05, 0.1) is 5.56 Å². The predicted molar refractivity (Wildman–Crippen MR) is 93.3 cm³/mol. The van der Waals surface area contributed by atoms with E-state index in [2.05, 4.69) is 10.2 Å². The third-order valence-electron chi connectivity index (χ3n) is 5.24. The molecule has 1 saturated heterocycles. The van der Waals surface area contributed by atoms with E-state index < -0.39 is 0 Å². The van der Waals surface area contributed by atoms with Crippen LogP contribution < -0.4 is 10.1 Å². The van der Waals surface area contributed by atoms with E-state index >= 15 is 0 Å². The summed E-state index contributed by atoms with van der Waals surface area (Å²) in [5.41, 5.74) is 0.607. The van der Waals surface area contributed by atoms with Gasteiger partial charge in [0.2, 0.25) is 5.91 Å². The van der Waals surface area contributed by atoms with E-state index in [1.807, 2.05) is 23.1 Å². The minimum atomic E-state index is -0.250. The topological polar surface area (TPSA) is 61.9 Å². The van der Waals surface area contributed by atoms with Crippen LogP contribution in [0.15, 0.2) is 24.3 Å². The second kappa shape index (κ2) is 7.04. The Bertz CT molecular complexity index is 651. The van der Waals surface area contributed by atoms with Gasteiger partial charge < -0.3 is 15.0 Å². The average molecular weight is 343 g/mol. The Morgan fingerprint density at radius 1 is 1.16 bits per heavy atom. The number of nitrogens with one attached hydrogen (secondary N) is 1. The number of carbonyl (C=O) groups is 2. The lowest BCUT2D eigenvalue weighted by molar-refractivity contribution is -0.134. The summed E-state index contributed by atoms with van der Waals surface area (Å²) in [6.07, 6.45) is 3.66. The zero-order valence-electron chi connectivity index (χ0n) is 14.4. The Morgan fingerprint density at radius 2 is 1.92 bits per heavy atom. The van der Waals surface area contributed by atoms with Crippen molar-refractivity contribution in [3.05, 3.63) is 29.8 Å². The molecule has 1 aliphatic carbocycles. The Labute approximate surface area is 148 Å². The van der Waals surface area contributed by atoms with Gasteiger partial charge in [0.25, 0.3) is 5.91 Å². The second-order valence-corrected chi connectivity index (χ2v) is 7.16. The van der Waals surface area contributed by atoms with Gasteiger partial charge in [-0.25, -0.2) is 0 Å². The monoisotopic (exact) mass is 343 g/mol. The van der Waals surface area contributed by atoms with Gasteiger partial charge in [-0.2, -0.15) is 0 Å². The summed E-state index contributed by atoms with van der Waals surface area (Å²) >= 11 is 0. The number of amides is 2. The van der Waals surface area contributed by atoms with Crippen LogP contribution in [-0.2, 0) is 4.79 Å². The summed E-state index contributed by atoms with van der Waals surface area (Å²) in [6, 6.07) is 7.35. The first kappa shape index (κ1) is 16.4. The van der Waals surface area contributed by atoms with E-state index in [9.17, 15) is 9.59 Å². The van der Waals surface area contributed by atoms with E-state index in [4.69, 9.17) is 4.74 Å². The van der Waals surface area contributed by atoms with E-state index in [0.717, 1.165) is 58.4 Å². The molecule has 0 radical (unpaired) electrons. The molecule has 1 atom stereocenters. The summed E-state index contributed by atoms with van der Waals surface area (Å²) in [4.78, 5) is 28.6. The number of rotatable bonds is 5. The molecule has 0 aromatic heterocycles. The lowest BCUT2D eigenvalue weighted by Crippen LogP contribution is -2.49. The van der Waals surface area contributed by atoms with Crippen LogP contribution in [0.4, 0.5) is 0 Å². The lowest BCUT2D eigenvalue weighted by atomic mass is 10.1. The summed E-state index contributed by atoms with van der Waals surface area (Å²) in [5, 5.41) is 2.92. The van der Waals surface area contributed by atoms with Crippen LogP contribution in [0, 0.1) is 5.92 Å². The maximum atomic E-state index is 12.1. The van der Waals surface area contributed by atoms with Crippen LogP contribution in [0.1, 0.15) is 36.0 Å². The van der Waals surface area contributed by atoms with Crippen LogP contribution in [0.2, 0.25) is 0 Å². The summed E-state index contributed by atoms with van der Waals surface area (Å²) in [5.74, 6) is 1.29. The van der Waals surface area contributed by atoms with Crippen LogP contribution in [0.3, 0.4) is 0 Å². The van der Waals surface area contributed by atoms with E-state index in [-0.39, 0.29) is 12.1 Å². The quantitative estimate of drug-likeness (QED) is 0.879. The van der Waals surface area contributed by atoms with Gasteiger partial charge in [-0.1, -0.05) is 12.1 Å². The van der Waals surface area contributed by atoms with Crippen LogP contribution in [0.25, 0.3) is 0 Å². The van der Waals surface area contributed by atoms with Crippen molar-refractivity contribution < 1.29 is 14.3 Å². The van der Waals surface area contributed by atoms with Gasteiger partial charge in [0.1, 0.15) is 5.75 Å². The molecule has 1 aromatic carbocycles. The molecule has 4 rings (SSSR count). The molecule has 2 aliphatic heterocycles. The predicted octanol–water partition coefficient (Wildman–Crippen LogP) is 1.47. The van der Waals surface area contributed by atoms with E-state index in [1.54, 1.807) is 6.07 Å². The second-order valence-electron chi connectivity index (χ2n) is 7.16. The molecule has 6 nitrogen and oxygen atoms in total. The molecule has 3 aliphatic rings. The van der Waals surface area contributed by atoms with E-state index in [0.29, 0.717) is 23.1 Å². The maximum Gasteiger partial charge on any atom is 0.257 e. The fraction of sp³-hybridized carbons (Fsp3) is 0.579. The summed E-state index contributed by atoms with van der Waals surface area (Å²) in [6.45, 7) is 4.56. The van der Waals surface area contributed by atoms with Crippen molar-refractivity contribution in [2.24, 2.45) is 5.92 Å². The number of para-hydroxylation sites is 1. The van der Waals surface area contributed by atoms with Gasteiger partial charge in [-0.15, -0.1) is 0 Å². The molecule has 0 bridgehead atoms. The van der Waals surface area contributed by atoms with Crippen LogP contribution >= 0.6 is 0 Å². The highest BCUT2D eigenvalue weighted by molar-refractivity contribution is 5.97. The summed E-state index contributed by atoms with van der Waals surface area (Å²) < 4.78 is 5.87. The van der Waals surface area contributed by atoms with Crippen molar-refractivity contribution in [3.63, 3.8) is 0 Å². The third-order valence-corrected chi connectivity index (χ3v) is 5.24. The number of carbonyl (C=O) groups excluding carboxylic acids is 2. The Hall–Kier alpha value is -2.08. The van der Waals surface area contributed by atoms with Gasteiger partial charge in [0.15, 0.2) is 6.23 Å². The van der Waals surface area contributed by atoms with Crippen molar-refractivity contribution >= 4 is 11.8 Å². The van der Waals surface area contributed by atoms with Gasteiger partial charge in [0, 0.05) is 38.5 Å². The number of fused-ring (bicyclic) bond motifs is 1. The summed E-state index contributed by atoms with van der Waals surface area (Å²) in [7, 11) is 0. The molecule has 134 valence electrons. The number of nitrogens with zero attached hydrogens (tertiary/aromatic N) is 2. The molecular formula is C19H25N3O3. The highest BCUT2D eigenvalue weighted by Crippen LogP contribution is 2.31. The van der Waals surface area contributed by atoms with Crippen molar-refractivity contribution in [2.45, 2.75) is 31.9 Å². The molecule has 0 spiro atoms. The molecule has 6 heteroatoms. The molecule has 1 aromatic rings. The Kier molecular flexibility index (Phi) is 4.61. The Morgan fingerprint density at radius 3 is 2.68 bits per heavy atom. The average Bonchev–Trinajstić information content (AvgIpc) is 3.47. The zero-order chi connectivity index (χ0) is 17.2. The molecule has 25 heavy (non-hydrogen) atoms. The molecule has 2 fully saturated rings.